The predicted octanol–water partition coefficient (Wildman–Crippen LogP) is 1.68. The van der Waals surface area contributed by atoms with Crippen molar-refractivity contribution in [3.05, 3.63) is 29.8 Å². The summed E-state index contributed by atoms with van der Waals surface area (Å²) in [6.07, 6.45) is 0.882. The molecule has 1 rings (SSSR count). The van der Waals surface area contributed by atoms with Crippen LogP contribution < -0.4 is 16.2 Å². The molecule has 0 aromatic heterocycles. The predicted molar refractivity (Wildman–Crippen MR) is 80.3 cm³/mol. The third-order valence-corrected chi connectivity index (χ3v) is 2.78. The van der Waals surface area contributed by atoms with Gasteiger partial charge < -0.3 is 9.64 Å². The fourth-order valence-corrected chi connectivity index (χ4v) is 1.85. The zero-order chi connectivity index (χ0) is 14.1. The first-order valence-corrected chi connectivity index (χ1v) is 6.57. The number of aryl methyl sites for hydroxylation is 1. The quantitative estimate of drug-likeness (QED) is 0.270. The molecule has 0 saturated heterocycles. The maximum Gasteiger partial charge on any atom is 0.212 e. The van der Waals surface area contributed by atoms with Crippen LogP contribution in [-0.2, 0) is 4.74 Å². The molecule has 0 heterocycles. The van der Waals surface area contributed by atoms with E-state index in [1.54, 1.807) is 7.11 Å². The van der Waals surface area contributed by atoms with Gasteiger partial charge in [0, 0.05) is 32.5 Å². The third-order valence-electron chi connectivity index (χ3n) is 2.78. The van der Waals surface area contributed by atoms with Crippen LogP contribution in [-0.4, -0.2) is 32.8 Å². The standard InChI is InChI=1S/C14H24N4O/c1-4-18(13-8-5-7-12(2)11-13)14(17-15)16-9-6-10-19-3/h5,7-8,11H,4,6,9-10,15H2,1-3H3,(H,16,17). The van der Waals surface area contributed by atoms with Crippen LogP contribution in [0.4, 0.5) is 5.69 Å². The molecule has 0 atom stereocenters. The summed E-state index contributed by atoms with van der Waals surface area (Å²) in [5.41, 5.74) is 4.99. The van der Waals surface area contributed by atoms with Crippen LogP contribution in [0.15, 0.2) is 29.3 Å². The minimum atomic E-state index is 0.684. The molecule has 5 heteroatoms. The lowest BCUT2D eigenvalue weighted by Gasteiger charge is -2.24. The van der Waals surface area contributed by atoms with E-state index in [2.05, 4.69) is 47.4 Å². The first-order valence-electron chi connectivity index (χ1n) is 6.57. The molecule has 0 amide bonds. The van der Waals surface area contributed by atoms with Gasteiger partial charge in [-0.05, 0) is 38.0 Å². The van der Waals surface area contributed by atoms with Crippen molar-refractivity contribution in [2.75, 3.05) is 31.7 Å². The lowest BCUT2D eigenvalue weighted by Crippen LogP contribution is -2.45. The van der Waals surface area contributed by atoms with E-state index in [1.807, 2.05) is 6.07 Å². The summed E-state index contributed by atoms with van der Waals surface area (Å²) in [6.45, 7) is 6.34. The Morgan fingerprint density at radius 3 is 2.84 bits per heavy atom. The zero-order valence-corrected chi connectivity index (χ0v) is 12.0. The maximum atomic E-state index is 5.59. The van der Waals surface area contributed by atoms with Gasteiger partial charge in [0.25, 0.3) is 0 Å². The Bertz CT molecular complexity index is 406. The van der Waals surface area contributed by atoms with E-state index in [-0.39, 0.29) is 0 Å². The van der Waals surface area contributed by atoms with Crippen LogP contribution >= 0.6 is 0 Å². The number of guanidine groups is 1. The van der Waals surface area contributed by atoms with Crippen molar-refractivity contribution in [2.45, 2.75) is 20.3 Å². The Morgan fingerprint density at radius 2 is 2.26 bits per heavy atom. The second-order valence-corrected chi connectivity index (χ2v) is 4.28. The molecular weight excluding hydrogens is 240 g/mol. The van der Waals surface area contributed by atoms with Crippen molar-refractivity contribution < 1.29 is 4.74 Å². The van der Waals surface area contributed by atoms with Crippen LogP contribution in [0.3, 0.4) is 0 Å². The van der Waals surface area contributed by atoms with Crippen molar-refractivity contribution in [1.82, 2.24) is 5.43 Å². The SMILES string of the molecule is CCN(C(=NCCCOC)NN)c1cccc(C)c1. The van der Waals surface area contributed by atoms with Gasteiger partial charge in [0.2, 0.25) is 5.96 Å². The van der Waals surface area contributed by atoms with Crippen molar-refractivity contribution in [3.8, 4) is 0 Å². The minimum Gasteiger partial charge on any atom is -0.385 e. The number of nitrogens with one attached hydrogen (secondary N) is 1. The number of anilines is 1. The van der Waals surface area contributed by atoms with Gasteiger partial charge in [0.05, 0.1) is 0 Å². The maximum absolute atomic E-state index is 5.59. The molecule has 0 bridgehead atoms. The summed E-state index contributed by atoms with van der Waals surface area (Å²) < 4.78 is 5.01. The molecule has 5 nitrogen and oxygen atoms in total. The third kappa shape index (κ3) is 4.89. The van der Waals surface area contributed by atoms with Gasteiger partial charge in [0.15, 0.2) is 0 Å². The summed E-state index contributed by atoms with van der Waals surface area (Å²) in [5.74, 6) is 6.27. The van der Waals surface area contributed by atoms with E-state index in [0.29, 0.717) is 19.1 Å². The molecule has 0 aliphatic heterocycles. The molecule has 0 aliphatic rings. The van der Waals surface area contributed by atoms with E-state index in [9.17, 15) is 0 Å². The highest BCUT2D eigenvalue weighted by Crippen LogP contribution is 2.15. The number of nitrogens with two attached hydrogens (primary N) is 1. The van der Waals surface area contributed by atoms with E-state index in [4.69, 9.17) is 10.6 Å². The first-order chi connectivity index (χ1) is 9.22. The van der Waals surface area contributed by atoms with Gasteiger partial charge in [-0.2, -0.15) is 0 Å². The largest absolute Gasteiger partial charge is 0.385 e. The molecule has 0 fully saturated rings. The number of hydrogen-bond acceptors (Lipinski definition) is 3. The summed E-state index contributed by atoms with van der Waals surface area (Å²) in [5, 5.41) is 0. The number of aliphatic imine (C=N–C) groups is 1. The van der Waals surface area contributed by atoms with Crippen molar-refractivity contribution in [3.63, 3.8) is 0 Å². The van der Waals surface area contributed by atoms with Crippen LogP contribution in [0.5, 0.6) is 0 Å². The number of benzene rings is 1. The Labute approximate surface area is 115 Å². The number of hydrogen-bond donors (Lipinski definition) is 2. The van der Waals surface area contributed by atoms with Crippen LogP contribution in [0.25, 0.3) is 0 Å². The van der Waals surface area contributed by atoms with E-state index < -0.39 is 0 Å². The molecule has 0 unspecified atom stereocenters. The van der Waals surface area contributed by atoms with Crippen molar-refractivity contribution >= 4 is 11.6 Å². The first kappa shape index (κ1) is 15.5. The highest BCUT2D eigenvalue weighted by atomic mass is 16.5. The number of ether oxygens (including phenoxy) is 1. The van der Waals surface area contributed by atoms with E-state index >= 15 is 0 Å². The number of methoxy groups -OCH3 is 1. The molecule has 0 aliphatic carbocycles. The Balaban J connectivity index is 2.80. The van der Waals surface area contributed by atoms with Gasteiger partial charge >= 0.3 is 0 Å². The highest BCUT2D eigenvalue weighted by molar-refractivity contribution is 5.95. The number of nitrogens with zero attached hydrogens (tertiary/aromatic N) is 2. The minimum absolute atomic E-state index is 0.684. The van der Waals surface area contributed by atoms with Crippen molar-refractivity contribution in [1.29, 1.82) is 0 Å². The molecule has 3 N–H and O–H groups in total. The van der Waals surface area contributed by atoms with Gasteiger partial charge in [-0.3, -0.25) is 10.4 Å². The number of hydrazine groups is 1. The van der Waals surface area contributed by atoms with Crippen LogP contribution in [0, 0.1) is 6.92 Å². The second-order valence-electron chi connectivity index (χ2n) is 4.28. The van der Waals surface area contributed by atoms with E-state index in [0.717, 1.165) is 18.7 Å². The molecule has 19 heavy (non-hydrogen) atoms. The average Bonchev–Trinajstić information content (AvgIpc) is 2.42. The Morgan fingerprint density at radius 1 is 1.47 bits per heavy atom. The van der Waals surface area contributed by atoms with E-state index in [1.165, 1.54) is 5.56 Å². The lowest BCUT2D eigenvalue weighted by atomic mass is 10.2. The smallest absolute Gasteiger partial charge is 0.212 e. The second kappa shape index (κ2) is 8.50. The summed E-state index contributed by atoms with van der Waals surface area (Å²) >= 11 is 0. The van der Waals surface area contributed by atoms with Crippen LogP contribution in [0.2, 0.25) is 0 Å². The van der Waals surface area contributed by atoms with Gasteiger partial charge in [-0.1, -0.05) is 12.1 Å². The summed E-state index contributed by atoms with van der Waals surface area (Å²) in [4.78, 5) is 6.54. The van der Waals surface area contributed by atoms with Gasteiger partial charge in [-0.15, -0.1) is 0 Å². The topological polar surface area (TPSA) is 62.9 Å². The fourth-order valence-electron chi connectivity index (χ4n) is 1.85. The number of rotatable bonds is 6. The summed E-state index contributed by atoms with van der Waals surface area (Å²) in [7, 11) is 1.69. The molecule has 0 spiro atoms. The molecule has 106 valence electrons. The molecule has 1 aromatic carbocycles. The zero-order valence-electron chi connectivity index (χ0n) is 12.0. The normalized spacial score (nSPS) is 11.5. The lowest BCUT2D eigenvalue weighted by molar-refractivity contribution is 0.197. The Hall–Kier alpha value is -1.59. The molecular formula is C14H24N4O. The highest BCUT2D eigenvalue weighted by Gasteiger charge is 2.10. The van der Waals surface area contributed by atoms with Crippen molar-refractivity contribution in [2.24, 2.45) is 10.8 Å². The fraction of sp³-hybridized carbons (Fsp3) is 0.500. The molecule has 1 aromatic rings. The van der Waals surface area contributed by atoms with Gasteiger partial charge in [0.1, 0.15) is 0 Å². The monoisotopic (exact) mass is 264 g/mol. The average molecular weight is 264 g/mol. The summed E-state index contributed by atoms with van der Waals surface area (Å²) in [6, 6.07) is 8.28. The van der Waals surface area contributed by atoms with Crippen LogP contribution in [0.1, 0.15) is 18.9 Å². The molecule has 0 saturated carbocycles. The Kier molecular flexibility index (Phi) is 6.92. The van der Waals surface area contributed by atoms with Gasteiger partial charge in [-0.25, -0.2) is 5.84 Å². The molecule has 0 radical (unpaired) electrons.